The zero-order valence-electron chi connectivity index (χ0n) is 17.6. The number of benzene rings is 2. The number of carbonyl (C=O) groups excluding carboxylic acids is 3. The monoisotopic (exact) mass is 434 g/mol. The molecule has 0 aliphatic carbocycles. The summed E-state index contributed by atoms with van der Waals surface area (Å²) in [6, 6.07) is 15.4. The van der Waals surface area contributed by atoms with E-state index in [1.54, 1.807) is 0 Å². The normalized spacial score (nSPS) is 16.9. The molecule has 1 aliphatic rings. The molecular weight excluding hydrogens is 408 g/mol. The second-order valence-electron chi connectivity index (χ2n) is 7.85. The van der Waals surface area contributed by atoms with Crippen molar-refractivity contribution >= 4 is 28.7 Å². The molecule has 4 N–H and O–H groups in total. The van der Waals surface area contributed by atoms with Gasteiger partial charge in [0.25, 0.3) is 5.91 Å². The van der Waals surface area contributed by atoms with Crippen LogP contribution in [0.25, 0.3) is 10.9 Å². The van der Waals surface area contributed by atoms with Crippen LogP contribution in [0.4, 0.5) is 4.79 Å². The first-order valence-corrected chi connectivity index (χ1v) is 10.7. The lowest BCUT2D eigenvalue weighted by molar-refractivity contribution is -0.127. The van der Waals surface area contributed by atoms with Crippen molar-refractivity contribution in [2.45, 2.75) is 31.3 Å². The number of carbonyl (C=O) groups is 3. The Balaban J connectivity index is 1.29. The number of rotatable bonds is 9. The summed E-state index contributed by atoms with van der Waals surface area (Å²) < 4.78 is 0. The van der Waals surface area contributed by atoms with E-state index in [2.05, 4.69) is 15.6 Å². The van der Waals surface area contributed by atoms with Gasteiger partial charge in [-0.2, -0.15) is 0 Å². The van der Waals surface area contributed by atoms with Crippen molar-refractivity contribution in [1.82, 2.24) is 20.5 Å². The minimum Gasteiger partial charge on any atom is -0.394 e. The van der Waals surface area contributed by atoms with Gasteiger partial charge in [-0.1, -0.05) is 48.5 Å². The molecule has 1 unspecified atom stereocenters. The number of aliphatic hydroxyl groups excluding tert-OH is 1. The van der Waals surface area contributed by atoms with Crippen molar-refractivity contribution in [2.24, 2.45) is 0 Å². The van der Waals surface area contributed by atoms with E-state index in [1.807, 2.05) is 60.8 Å². The van der Waals surface area contributed by atoms with Crippen LogP contribution < -0.4 is 10.6 Å². The Kier molecular flexibility index (Phi) is 6.51. The summed E-state index contributed by atoms with van der Waals surface area (Å²) in [7, 11) is 0. The maximum atomic E-state index is 12.7. The fourth-order valence-corrected chi connectivity index (χ4v) is 4.02. The molecule has 8 nitrogen and oxygen atoms in total. The van der Waals surface area contributed by atoms with E-state index in [0.29, 0.717) is 6.42 Å². The second kappa shape index (κ2) is 9.65. The smallest absolute Gasteiger partial charge is 0.324 e. The van der Waals surface area contributed by atoms with Gasteiger partial charge in [0.05, 0.1) is 12.6 Å². The second-order valence-corrected chi connectivity index (χ2v) is 7.85. The number of nitrogens with one attached hydrogen (secondary N) is 3. The summed E-state index contributed by atoms with van der Waals surface area (Å²) in [4.78, 5) is 41.8. The van der Waals surface area contributed by atoms with E-state index in [1.165, 1.54) is 4.90 Å². The fourth-order valence-electron chi connectivity index (χ4n) is 4.02. The number of hydrogen-bond donors (Lipinski definition) is 4. The summed E-state index contributed by atoms with van der Waals surface area (Å²) in [6.07, 6.45) is 2.71. The fraction of sp³-hybridized carbons (Fsp3) is 0.292. The van der Waals surface area contributed by atoms with Crippen LogP contribution in [0.15, 0.2) is 60.8 Å². The predicted octanol–water partition coefficient (Wildman–Crippen LogP) is 2.26. The van der Waals surface area contributed by atoms with Gasteiger partial charge in [-0.25, -0.2) is 4.79 Å². The highest BCUT2D eigenvalue weighted by Gasteiger charge is 2.37. The minimum absolute atomic E-state index is 0.0658. The number of H-pyrrole nitrogens is 1. The average molecular weight is 434 g/mol. The molecule has 32 heavy (non-hydrogen) atoms. The third-order valence-electron chi connectivity index (χ3n) is 5.77. The Morgan fingerprint density at radius 1 is 1.09 bits per heavy atom. The Morgan fingerprint density at radius 2 is 1.84 bits per heavy atom. The van der Waals surface area contributed by atoms with E-state index in [9.17, 15) is 19.5 Å². The van der Waals surface area contributed by atoms with E-state index < -0.39 is 18.1 Å². The van der Waals surface area contributed by atoms with Crippen molar-refractivity contribution in [1.29, 1.82) is 0 Å². The first kappa shape index (κ1) is 21.6. The number of aromatic nitrogens is 1. The number of hydrogen-bond acceptors (Lipinski definition) is 4. The lowest BCUT2D eigenvalue weighted by Crippen LogP contribution is -2.35. The SMILES string of the molecule is O=C(CCC1NC(=O)N(CCc2c[nH]c3ccccc23)C1=O)N[C@H](CO)c1ccccc1. The highest BCUT2D eigenvalue weighted by molar-refractivity contribution is 6.04. The van der Waals surface area contributed by atoms with Crippen molar-refractivity contribution in [3.8, 4) is 0 Å². The first-order valence-electron chi connectivity index (χ1n) is 10.7. The highest BCUT2D eigenvalue weighted by Crippen LogP contribution is 2.20. The molecule has 2 aromatic carbocycles. The number of urea groups is 1. The summed E-state index contributed by atoms with van der Waals surface area (Å²) in [6.45, 7) is 0.0479. The first-order chi connectivity index (χ1) is 15.6. The van der Waals surface area contributed by atoms with E-state index in [-0.39, 0.29) is 37.8 Å². The Labute approximate surface area is 185 Å². The van der Waals surface area contributed by atoms with Gasteiger partial charge in [-0.05, 0) is 30.0 Å². The quantitative estimate of drug-likeness (QED) is 0.387. The maximum Gasteiger partial charge on any atom is 0.324 e. The summed E-state index contributed by atoms with van der Waals surface area (Å²) in [5.74, 6) is -0.600. The van der Waals surface area contributed by atoms with Gasteiger partial charge in [-0.3, -0.25) is 14.5 Å². The molecule has 166 valence electrons. The van der Waals surface area contributed by atoms with E-state index >= 15 is 0 Å². The van der Waals surface area contributed by atoms with Crippen LogP contribution in [0, 0.1) is 0 Å². The predicted molar refractivity (Wildman–Crippen MR) is 120 cm³/mol. The van der Waals surface area contributed by atoms with Crippen molar-refractivity contribution in [3.63, 3.8) is 0 Å². The van der Waals surface area contributed by atoms with Crippen LogP contribution in [0.2, 0.25) is 0 Å². The van der Waals surface area contributed by atoms with Crippen LogP contribution in [0.3, 0.4) is 0 Å². The Bertz CT molecular complexity index is 1110. The van der Waals surface area contributed by atoms with Crippen LogP contribution in [-0.4, -0.2) is 52.0 Å². The lowest BCUT2D eigenvalue weighted by atomic mass is 10.1. The standard InChI is InChI=1S/C24H26N4O4/c29-15-21(16-6-2-1-3-7-16)26-22(30)11-10-20-23(31)28(24(32)27-20)13-12-17-14-25-19-9-5-4-8-18(17)19/h1-9,14,20-21,25,29H,10-13,15H2,(H,26,30)(H,27,32)/t20?,21-/m1/s1. The molecule has 1 aromatic heterocycles. The van der Waals surface area contributed by atoms with Gasteiger partial charge in [0.1, 0.15) is 6.04 Å². The van der Waals surface area contributed by atoms with Crippen LogP contribution in [-0.2, 0) is 16.0 Å². The van der Waals surface area contributed by atoms with Gasteiger partial charge in [0.2, 0.25) is 5.91 Å². The largest absolute Gasteiger partial charge is 0.394 e. The molecule has 4 amide bonds. The van der Waals surface area contributed by atoms with Gasteiger partial charge in [0.15, 0.2) is 0 Å². The highest BCUT2D eigenvalue weighted by atomic mass is 16.3. The van der Waals surface area contributed by atoms with Crippen molar-refractivity contribution in [2.75, 3.05) is 13.2 Å². The van der Waals surface area contributed by atoms with E-state index in [4.69, 9.17) is 0 Å². The third kappa shape index (κ3) is 4.65. The zero-order valence-corrected chi connectivity index (χ0v) is 17.6. The average Bonchev–Trinajstić information content (AvgIpc) is 3.35. The molecule has 3 aromatic rings. The van der Waals surface area contributed by atoms with Crippen molar-refractivity contribution < 1.29 is 19.5 Å². The number of fused-ring (bicyclic) bond motifs is 1. The molecule has 0 spiro atoms. The van der Waals surface area contributed by atoms with Crippen LogP contribution >= 0.6 is 0 Å². The number of amides is 4. The molecule has 8 heteroatoms. The molecule has 0 radical (unpaired) electrons. The Morgan fingerprint density at radius 3 is 2.62 bits per heavy atom. The number of aliphatic hydroxyl groups is 1. The van der Waals surface area contributed by atoms with Crippen LogP contribution in [0.5, 0.6) is 0 Å². The van der Waals surface area contributed by atoms with Crippen molar-refractivity contribution in [3.05, 3.63) is 71.9 Å². The van der Waals surface area contributed by atoms with Crippen LogP contribution in [0.1, 0.15) is 30.0 Å². The zero-order chi connectivity index (χ0) is 22.5. The van der Waals surface area contributed by atoms with Gasteiger partial charge < -0.3 is 20.7 Å². The number of imide groups is 1. The molecular formula is C24H26N4O4. The summed E-state index contributed by atoms with van der Waals surface area (Å²) in [5, 5.41) is 16.1. The van der Waals surface area contributed by atoms with E-state index in [0.717, 1.165) is 22.0 Å². The molecule has 1 aliphatic heterocycles. The summed E-state index contributed by atoms with van der Waals surface area (Å²) in [5.41, 5.74) is 2.86. The lowest BCUT2D eigenvalue weighted by Gasteiger charge is -2.17. The maximum absolute atomic E-state index is 12.7. The molecule has 0 saturated carbocycles. The molecule has 0 bridgehead atoms. The minimum atomic E-state index is -0.722. The molecule has 4 rings (SSSR count). The third-order valence-corrected chi connectivity index (χ3v) is 5.77. The molecule has 1 fully saturated rings. The summed E-state index contributed by atoms with van der Waals surface area (Å²) >= 11 is 0. The number of nitrogens with zero attached hydrogens (tertiary/aromatic N) is 1. The number of para-hydroxylation sites is 1. The number of aromatic amines is 1. The Hall–Kier alpha value is -3.65. The topological polar surface area (TPSA) is 115 Å². The van der Waals surface area contributed by atoms with Gasteiger partial charge in [-0.15, -0.1) is 0 Å². The molecule has 2 heterocycles. The molecule has 1 saturated heterocycles. The van der Waals surface area contributed by atoms with Gasteiger partial charge in [0, 0.05) is 30.1 Å². The molecule has 2 atom stereocenters. The van der Waals surface area contributed by atoms with Gasteiger partial charge >= 0.3 is 6.03 Å².